The van der Waals surface area contributed by atoms with Crippen molar-refractivity contribution in [1.82, 2.24) is 15.1 Å². The fourth-order valence-electron chi connectivity index (χ4n) is 3.26. The van der Waals surface area contributed by atoms with Crippen LogP contribution in [0.2, 0.25) is 5.02 Å². The zero-order chi connectivity index (χ0) is 24.9. The number of nitrogens with zero attached hydrogens (tertiary/aromatic N) is 2. The topological polar surface area (TPSA) is 85.2 Å². The number of benzene rings is 3. The van der Waals surface area contributed by atoms with Crippen LogP contribution in [0.15, 0.2) is 77.7 Å². The molecule has 4 rings (SSSR count). The first-order chi connectivity index (χ1) is 16.8. The van der Waals surface area contributed by atoms with E-state index >= 15 is 0 Å². The number of carbonyl (C=O) groups is 1. The van der Waals surface area contributed by atoms with Gasteiger partial charge in [-0.2, -0.15) is 5.10 Å². The lowest BCUT2D eigenvalue weighted by Gasteiger charge is -2.14. The molecule has 35 heavy (non-hydrogen) atoms. The smallest absolute Gasteiger partial charge is 0.294 e. The summed E-state index contributed by atoms with van der Waals surface area (Å²) in [6, 6.07) is 17.7. The Morgan fingerprint density at radius 2 is 1.80 bits per heavy atom. The van der Waals surface area contributed by atoms with Crippen LogP contribution in [-0.2, 0) is 13.6 Å². The molecular weight excluding hydrogens is 471 g/mol. The van der Waals surface area contributed by atoms with Crippen molar-refractivity contribution in [3.63, 3.8) is 0 Å². The fraction of sp³-hybridized carbons (Fsp3) is 0.115. The number of aromatic nitrogens is 2. The molecule has 4 aromatic rings. The highest BCUT2D eigenvalue weighted by Gasteiger charge is 2.14. The molecule has 3 aromatic carbocycles. The normalized spacial score (nSPS) is 10.6. The summed E-state index contributed by atoms with van der Waals surface area (Å²) < 4.78 is 20.1. The minimum absolute atomic E-state index is 0.198. The van der Waals surface area contributed by atoms with Gasteiger partial charge in [-0.25, -0.2) is 9.07 Å². The van der Waals surface area contributed by atoms with Gasteiger partial charge in [0, 0.05) is 29.9 Å². The lowest BCUT2D eigenvalue weighted by Crippen LogP contribution is -2.23. The summed E-state index contributed by atoms with van der Waals surface area (Å²) in [7, 11) is 1.54. The van der Waals surface area contributed by atoms with Gasteiger partial charge in [0.25, 0.3) is 11.5 Å². The number of aryl methyl sites for hydroxylation is 2. The van der Waals surface area contributed by atoms with Gasteiger partial charge in [-0.1, -0.05) is 23.7 Å². The first-order valence-electron chi connectivity index (χ1n) is 10.7. The molecule has 178 valence electrons. The minimum atomic E-state index is -0.380. The zero-order valence-corrected chi connectivity index (χ0v) is 19.8. The van der Waals surface area contributed by atoms with Gasteiger partial charge in [0.05, 0.1) is 6.20 Å². The van der Waals surface area contributed by atoms with Gasteiger partial charge in [-0.3, -0.25) is 9.59 Å². The van der Waals surface area contributed by atoms with E-state index in [1.807, 2.05) is 6.92 Å². The van der Waals surface area contributed by atoms with Gasteiger partial charge in [0.15, 0.2) is 11.4 Å². The maximum absolute atomic E-state index is 13.0. The third-order valence-corrected chi connectivity index (χ3v) is 5.67. The van der Waals surface area contributed by atoms with Gasteiger partial charge in [0.1, 0.15) is 11.6 Å². The standard InChI is InChI=1S/C26H22ClFN4O3/c1-16-13-21(11-12-22(16)27)35-23-15-30-32(2)26(34)24(23)31-20-9-5-18(6-10-20)25(33)29-14-17-3-7-19(28)8-4-17/h3-13,15,31H,14H2,1-2H3,(H,29,33). The predicted octanol–water partition coefficient (Wildman–Crippen LogP) is 5.35. The first-order valence-corrected chi connectivity index (χ1v) is 11.1. The lowest BCUT2D eigenvalue weighted by molar-refractivity contribution is 0.0951. The molecule has 0 aliphatic rings. The van der Waals surface area contributed by atoms with Crippen molar-refractivity contribution >= 4 is 28.9 Å². The number of halogens is 2. The molecule has 1 aromatic heterocycles. The minimum Gasteiger partial charge on any atom is -0.453 e. The molecule has 0 saturated heterocycles. The molecule has 0 atom stereocenters. The molecule has 7 nitrogen and oxygen atoms in total. The van der Waals surface area contributed by atoms with Crippen molar-refractivity contribution < 1.29 is 13.9 Å². The molecule has 0 aliphatic carbocycles. The Balaban J connectivity index is 1.49. The average molecular weight is 493 g/mol. The Morgan fingerprint density at radius 3 is 2.49 bits per heavy atom. The summed E-state index contributed by atoms with van der Waals surface area (Å²) >= 11 is 6.08. The van der Waals surface area contributed by atoms with E-state index in [1.54, 1.807) is 54.6 Å². The third kappa shape index (κ3) is 5.85. The summed E-state index contributed by atoms with van der Waals surface area (Å²) in [5.74, 6) is 0.154. The van der Waals surface area contributed by atoms with Gasteiger partial charge in [0.2, 0.25) is 0 Å². The number of amides is 1. The van der Waals surface area contributed by atoms with Crippen LogP contribution in [0.5, 0.6) is 11.5 Å². The highest BCUT2D eigenvalue weighted by Crippen LogP contribution is 2.30. The Hall–Kier alpha value is -4.17. The number of nitrogens with one attached hydrogen (secondary N) is 2. The maximum Gasteiger partial charge on any atom is 0.294 e. The van der Waals surface area contributed by atoms with Crippen molar-refractivity contribution in [2.75, 3.05) is 5.32 Å². The van der Waals surface area contributed by atoms with Gasteiger partial charge in [-0.15, -0.1) is 0 Å². The van der Waals surface area contributed by atoms with E-state index in [-0.39, 0.29) is 35.3 Å². The Kier molecular flexibility index (Phi) is 7.12. The Bertz CT molecular complexity index is 1420. The second kappa shape index (κ2) is 10.4. The molecule has 0 fully saturated rings. The van der Waals surface area contributed by atoms with E-state index in [0.29, 0.717) is 22.0 Å². The van der Waals surface area contributed by atoms with Crippen LogP contribution in [-0.4, -0.2) is 15.7 Å². The number of hydrogen-bond donors (Lipinski definition) is 2. The Labute approximate surface area is 206 Å². The number of ether oxygens (including phenoxy) is 1. The van der Waals surface area contributed by atoms with Gasteiger partial charge in [-0.05, 0) is 72.6 Å². The second-order valence-corrected chi connectivity index (χ2v) is 8.24. The molecule has 2 N–H and O–H groups in total. The molecule has 9 heteroatoms. The maximum atomic E-state index is 13.0. The van der Waals surface area contributed by atoms with Crippen LogP contribution in [0.3, 0.4) is 0 Å². The molecular formula is C26H22ClFN4O3. The Morgan fingerprint density at radius 1 is 1.09 bits per heavy atom. The molecule has 0 aliphatic heterocycles. The summed E-state index contributed by atoms with van der Waals surface area (Å²) in [4.78, 5) is 25.2. The second-order valence-electron chi connectivity index (χ2n) is 7.84. The van der Waals surface area contributed by atoms with E-state index < -0.39 is 0 Å². The SMILES string of the molecule is Cc1cc(Oc2cnn(C)c(=O)c2Nc2ccc(C(=O)NCc3ccc(F)cc3)cc2)ccc1Cl. The molecule has 0 unspecified atom stereocenters. The molecule has 1 heterocycles. The van der Waals surface area contributed by atoms with Crippen molar-refractivity contribution in [3.05, 3.63) is 111 Å². The highest BCUT2D eigenvalue weighted by molar-refractivity contribution is 6.31. The van der Waals surface area contributed by atoms with Crippen molar-refractivity contribution in [2.45, 2.75) is 13.5 Å². The van der Waals surface area contributed by atoms with Crippen LogP contribution in [0.4, 0.5) is 15.8 Å². The van der Waals surface area contributed by atoms with Crippen LogP contribution in [0.25, 0.3) is 0 Å². The van der Waals surface area contributed by atoms with Crippen LogP contribution in [0.1, 0.15) is 21.5 Å². The molecule has 0 saturated carbocycles. The van der Waals surface area contributed by atoms with E-state index in [4.69, 9.17) is 16.3 Å². The lowest BCUT2D eigenvalue weighted by atomic mass is 10.1. The highest BCUT2D eigenvalue weighted by atomic mass is 35.5. The first kappa shape index (κ1) is 24.0. The monoisotopic (exact) mass is 492 g/mol. The number of anilines is 2. The van der Waals surface area contributed by atoms with E-state index in [2.05, 4.69) is 15.7 Å². The largest absolute Gasteiger partial charge is 0.453 e. The molecule has 0 spiro atoms. The number of carbonyl (C=O) groups excluding carboxylic acids is 1. The third-order valence-electron chi connectivity index (χ3n) is 5.24. The van der Waals surface area contributed by atoms with Crippen molar-refractivity contribution in [3.8, 4) is 11.5 Å². The number of hydrogen-bond acceptors (Lipinski definition) is 5. The fourth-order valence-corrected chi connectivity index (χ4v) is 3.38. The summed E-state index contributed by atoms with van der Waals surface area (Å²) in [6.45, 7) is 2.13. The average Bonchev–Trinajstić information content (AvgIpc) is 2.86. The molecule has 0 bridgehead atoms. The van der Waals surface area contributed by atoms with Crippen molar-refractivity contribution in [1.29, 1.82) is 0 Å². The van der Waals surface area contributed by atoms with Crippen molar-refractivity contribution in [2.24, 2.45) is 7.05 Å². The van der Waals surface area contributed by atoms with Gasteiger partial charge >= 0.3 is 0 Å². The van der Waals surface area contributed by atoms with Gasteiger partial charge < -0.3 is 15.4 Å². The molecule has 1 amide bonds. The van der Waals surface area contributed by atoms with Crippen LogP contribution < -0.4 is 20.9 Å². The van der Waals surface area contributed by atoms with E-state index in [1.165, 1.54) is 30.1 Å². The quantitative estimate of drug-likeness (QED) is 0.363. The van der Waals surface area contributed by atoms with E-state index in [0.717, 1.165) is 11.1 Å². The van der Waals surface area contributed by atoms with E-state index in [9.17, 15) is 14.0 Å². The number of rotatable bonds is 7. The summed E-state index contributed by atoms with van der Waals surface area (Å²) in [5, 5.41) is 10.5. The summed E-state index contributed by atoms with van der Waals surface area (Å²) in [6.07, 6.45) is 1.45. The summed E-state index contributed by atoms with van der Waals surface area (Å²) in [5.41, 5.74) is 2.46. The molecule has 0 radical (unpaired) electrons. The van der Waals surface area contributed by atoms with Crippen LogP contribution >= 0.6 is 11.6 Å². The predicted molar refractivity (Wildman–Crippen MR) is 133 cm³/mol. The van der Waals surface area contributed by atoms with Crippen LogP contribution in [0, 0.1) is 12.7 Å². The zero-order valence-electron chi connectivity index (χ0n) is 19.0.